The minimum atomic E-state index is -0.930. The number of amides is 3. The van der Waals surface area contributed by atoms with Gasteiger partial charge in [0.05, 0.1) is 12.2 Å². The molecule has 174 valence electrons. The minimum absolute atomic E-state index is 0.0224. The van der Waals surface area contributed by atoms with E-state index in [0.717, 1.165) is 0 Å². The Labute approximate surface area is 192 Å². The fourth-order valence-corrected chi connectivity index (χ4v) is 3.38. The molecule has 1 heterocycles. The van der Waals surface area contributed by atoms with Crippen molar-refractivity contribution in [3.8, 4) is 5.75 Å². The number of carbonyl (C=O) groups excluding carboxylic acids is 4. The molecule has 0 bridgehead atoms. The van der Waals surface area contributed by atoms with Gasteiger partial charge in [-0.15, -0.1) is 0 Å². The van der Waals surface area contributed by atoms with Gasteiger partial charge < -0.3 is 25.0 Å². The molecule has 0 aromatic heterocycles. The van der Waals surface area contributed by atoms with Gasteiger partial charge in [-0.25, -0.2) is 4.79 Å². The van der Waals surface area contributed by atoms with E-state index in [1.54, 1.807) is 68.4 Å². The Kier molecular flexibility index (Phi) is 7.66. The van der Waals surface area contributed by atoms with E-state index in [4.69, 9.17) is 9.47 Å². The molecule has 0 saturated heterocycles. The van der Waals surface area contributed by atoms with Gasteiger partial charge in [0.1, 0.15) is 11.8 Å². The summed E-state index contributed by atoms with van der Waals surface area (Å²) in [5, 5.41) is 5.18. The number of esters is 1. The molecule has 0 saturated carbocycles. The van der Waals surface area contributed by atoms with E-state index in [2.05, 4.69) is 10.6 Å². The molecule has 0 fully saturated rings. The first-order chi connectivity index (χ1) is 15.8. The zero-order valence-electron chi connectivity index (χ0n) is 18.7. The highest BCUT2D eigenvalue weighted by atomic mass is 16.5. The summed E-state index contributed by atoms with van der Waals surface area (Å²) in [6.07, 6.45) is -0.891. The summed E-state index contributed by atoms with van der Waals surface area (Å²) in [5.74, 6) is -1.89. The van der Waals surface area contributed by atoms with Crippen LogP contribution in [0, 0.1) is 5.92 Å². The molecule has 1 aliphatic heterocycles. The van der Waals surface area contributed by atoms with Gasteiger partial charge in [0, 0.05) is 12.6 Å². The highest BCUT2D eigenvalue weighted by molar-refractivity contribution is 6.00. The lowest BCUT2D eigenvalue weighted by atomic mass is 10.0. The monoisotopic (exact) mass is 453 g/mol. The first kappa shape index (κ1) is 23.8. The summed E-state index contributed by atoms with van der Waals surface area (Å²) in [6, 6.07) is 14.4. The second-order valence-electron chi connectivity index (χ2n) is 7.86. The predicted molar refractivity (Wildman–Crippen MR) is 121 cm³/mol. The lowest BCUT2D eigenvalue weighted by Gasteiger charge is -2.34. The summed E-state index contributed by atoms with van der Waals surface area (Å²) in [7, 11) is 1.48. The fourth-order valence-electron chi connectivity index (χ4n) is 3.38. The molecule has 1 aliphatic rings. The topological polar surface area (TPSA) is 114 Å². The summed E-state index contributed by atoms with van der Waals surface area (Å²) < 4.78 is 11.0. The number of para-hydroxylation sites is 2. The molecular weight excluding hydrogens is 426 g/mol. The number of anilines is 1. The summed E-state index contributed by atoms with van der Waals surface area (Å²) in [5.41, 5.74) is 0.897. The number of benzene rings is 2. The first-order valence-electron chi connectivity index (χ1n) is 10.6. The van der Waals surface area contributed by atoms with Crippen LogP contribution < -0.4 is 20.3 Å². The van der Waals surface area contributed by atoms with E-state index in [1.807, 2.05) is 0 Å². The van der Waals surface area contributed by atoms with E-state index in [-0.39, 0.29) is 18.4 Å². The van der Waals surface area contributed by atoms with Crippen molar-refractivity contribution in [2.75, 3.05) is 25.1 Å². The van der Waals surface area contributed by atoms with Crippen molar-refractivity contribution in [3.63, 3.8) is 0 Å². The van der Waals surface area contributed by atoms with Crippen LogP contribution in [0.3, 0.4) is 0 Å². The molecule has 33 heavy (non-hydrogen) atoms. The van der Waals surface area contributed by atoms with Crippen molar-refractivity contribution in [1.29, 1.82) is 0 Å². The van der Waals surface area contributed by atoms with Crippen LogP contribution in [0.1, 0.15) is 24.2 Å². The van der Waals surface area contributed by atoms with Crippen LogP contribution in [-0.4, -0.2) is 56.0 Å². The average Bonchev–Trinajstić information content (AvgIpc) is 2.84. The maximum absolute atomic E-state index is 12.9. The van der Waals surface area contributed by atoms with Crippen LogP contribution in [0.4, 0.5) is 5.69 Å². The van der Waals surface area contributed by atoms with E-state index in [9.17, 15) is 19.2 Å². The molecule has 9 nitrogen and oxygen atoms in total. The van der Waals surface area contributed by atoms with Crippen LogP contribution >= 0.6 is 0 Å². The van der Waals surface area contributed by atoms with Crippen LogP contribution in [-0.2, 0) is 19.1 Å². The average molecular weight is 453 g/mol. The van der Waals surface area contributed by atoms with Gasteiger partial charge in [-0.1, -0.05) is 44.2 Å². The Hall–Kier alpha value is -3.88. The third kappa shape index (κ3) is 5.68. The van der Waals surface area contributed by atoms with Gasteiger partial charge in [0.15, 0.2) is 12.7 Å². The van der Waals surface area contributed by atoms with Gasteiger partial charge in [-0.3, -0.25) is 14.4 Å². The molecule has 2 aromatic carbocycles. The van der Waals surface area contributed by atoms with Crippen LogP contribution in [0.25, 0.3) is 0 Å². The van der Waals surface area contributed by atoms with Crippen molar-refractivity contribution in [2.45, 2.75) is 26.0 Å². The normalized spacial score (nSPS) is 15.6. The minimum Gasteiger partial charge on any atom is -0.477 e. The molecule has 0 spiro atoms. The highest BCUT2D eigenvalue weighted by Crippen LogP contribution is 2.33. The lowest BCUT2D eigenvalue weighted by Crippen LogP contribution is -2.51. The number of nitrogens with one attached hydrogen (secondary N) is 2. The molecule has 0 unspecified atom stereocenters. The van der Waals surface area contributed by atoms with Crippen molar-refractivity contribution in [1.82, 2.24) is 10.6 Å². The number of nitrogens with zero attached hydrogens (tertiary/aromatic N) is 1. The summed E-state index contributed by atoms with van der Waals surface area (Å²) in [6.45, 7) is 2.97. The van der Waals surface area contributed by atoms with E-state index in [1.165, 1.54) is 11.9 Å². The maximum Gasteiger partial charge on any atom is 0.329 e. The molecule has 2 atom stereocenters. The Morgan fingerprint density at radius 1 is 1.06 bits per heavy atom. The van der Waals surface area contributed by atoms with E-state index >= 15 is 0 Å². The van der Waals surface area contributed by atoms with Crippen LogP contribution in [0.5, 0.6) is 5.75 Å². The van der Waals surface area contributed by atoms with Crippen molar-refractivity contribution in [2.24, 2.45) is 5.92 Å². The number of carbonyl (C=O) groups is 4. The van der Waals surface area contributed by atoms with Gasteiger partial charge in [0.25, 0.3) is 17.7 Å². The zero-order chi connectivity index (χ0) is 24.0. The quantitative estimate of drug-likeness (QED) is 0.615. The number of likely N-dealkylation sites (N-methyl/N-ethyl adjacent to an activating group) is 1. The molecular formula is C24H27N3O6. The SMILES string of the molecule is CNC(=O)[C@@H]1CN(C(=O)COC(=O)[C@@H](NC(=O)c2ccccc2)C(C)C)c2ccccc2O1. The van der Waals surface area contributed by atoms with Crippen molar-refractivity contribution < 1.29 is 28.7 Å². The number of ether oxygens (including phenoxy) is 2. The van der Waals surface area contributed by atoms with Crippen molar-refractivity contribution in [3.05, 3.63) is 60.2 Å². The second kappa shape index (κ2) is 10.6. The predicted octanol–water partition coefficient (Wildman–Crippen LogP) is 1.52. The Bertz CT molecular complexity index is 1020. The standard InChI is InChI=1S/C24H27N3O6/c1-15(2)21(26-22(29)16-9-5-4-6-10-16)24(31)32-14-20(28)27-13-19(23(30)25-3)33-18-12-8-7-11-17(18)27/h4-12,15,19,21H,13-14H2,1-3H3,(H,25,30)(H,26,29)/t19-,21-/m0/s1. The first-order valence-corrected chi connectivity index (χ1v) is 10.6. The number of fused-ring (bicyclic) bond motifs is 1. The van der Waals surface area contributed by atoms with E-state index in [0.29, 0.717) is 17.0 Å². The zero-order valence-corrected chi connectivity index (χ0v) is 18.7. The van der Waals surface area contributed by atoms with Crippen LogP contribution in [0.15, 0.2) is 54.6 Å². The Morgan fingerprint density at radius 3 is 2.39 bits per heavy atom. The number of hydrogen-bond donors (Lipinski definition) is 2. The molecule has 3 rings (SSSR count). The smallest absolute Gasteiger partial charge is 0.329 e. The third-order valence-corrected chi connectivity index (χ3v) is 5.19. The summed E-state index contributed by atoms with van der Waals surface area (Å²) in [4.78, 5) is 51.6. The molecule has 2 N–H and O–H groups in total. The lowest BCUT2D eigenvalue weighted by molar-refractivity contribution is -0.151. The Balaban J connectivity index is 1.67. The molecule has 9 heteroatoms. The fraction of sp³-hybridized carbons (Fsp3) is 0.333. The molecule has 3 amide bonds. The number of hydrogen-bond acceptors (Lipinski definition) is 6. The summed E-state index contributed by atoms with van der Waals surface area (Å²) >= 11 is 0. The van der Waals surface area contributed by atoms with Gasteiger partial charge in [-0.2, -0.15) is 0 Å². The van der Waals surface area contributed by atoms with Crippen molar-refractivity contribution >= 4 is 29.4 Å². The largest absolute Gasteiger partial charge is 0.477 e. The maximum atomic E-state index is 12.9. The number of rotatable bonds is 7. The third-order valence-electron chi connectivity index (χ3n) is 5.19. The molecule has 0 radical (unpaired) electrons. The highest BCUT2D eigenvalue weighted by Gasteiger charge is 2.34. The van der Waals surface area contributed by atoms with Crippen LogP contribution in [0.2, 0.25) is 0 Å². The Morgan fingerprint density at radius 2 is 1.73 bits per heavy atom. The molecule has 2 aromatic rings. The second-order valence-corrected chi connectivity index (χ2v) is 7.86. The van der Waals surface area contributed by atoms with Gasteiger partial charge >= 0.3 is 5.97 Å². The van der Waals surface area contributed by atoms with Gasteiger partial charge in [0.2, 0.25) is 0 Å². The van der Waals surface area contributed by atoms with E-state index < -0.39 is 36.5 Å². The molecule has 0 aliphatic carbocycles. The van der Waals surface area contributed by atoms with Gasteiger partial charge in [-0.05, 0) is 30.2 Å².